The number of fused-ring (bicyclic) bond motifs is 1. The van der Waals surface area contributed by atoms with E-state index in [4.69, 9.17) is 32.7 Å². The van der Waals surface area contributed by atoms with E-state index in [1.807, 2.05) is 0 Å². The number of hydrogen-bond acceptors (Lipinski definition) is 6. The third kappa shape index (κ3) is 3.69. The van der Waals surface area contributed by atoms with E-state index in [2.05, 4.69) is 4.98 Å². The van der Waals surface area contributed by atoms with Crippen molar-refractivity contribution in [3.05, 3.63) is 87.5 Å². The Morgan fingerprint density at radius 1 is 0.970 bits per heavy atom. The Balaban J connectivity index is 1.71. The van der Waals surface area contributed by atoms with Crippen molar-refractivity contribution >= 4 is 46.5 Å². The third-order valence-electron chi connectivity index (χ3n) is 5.42. The lowest BCUT2D eigenvalue weighted by atomic mass is 9.95. The van der Waals surface area contributed by atoms with Gasteiger partial charge in [-0.1, -0.05) is 35.3 Å². The van der Waals surface area contributed by atoms with Gasteiger partial charge in [-0.2, -0.15) is 0 Å². The number of ether oxygens (including phenoxy) is 2. The van der Waals surface area contributed by atoms with Crippen LogP contribution in [0, 0.1) is 0 Å². The fraction of sp³-hybridized carbons (Fsp3) is 0.125. The van der Waals surface area contributed by atoms with Gasteiger partial charge in [0.1, 0.15) is 24.8 Å². The van der Waals surface area contributed by atoms with Gasteiger partial charge in [-0.3, -0.25) is 14.5 Å². The van der Waals surface area contributed by atoms with Crippen LogP contribution in [0.15, 0.2) is 66.4 Å². The molecule has 166 valence electrons. The van der Waals surface area contributed by atoms with Gasteiger partial charge in [-0.15, -0.1) is 0 Å². The van der Waals surface area contributed by atoms with Gasteiger partial charge >= 0.3 is 5.91 Å². The Kier molecular flexibility index (Phi) is 5.44. The maximum Gasteiger partial charge on any atom is 0.301 e. The highest BCUT2D eigenvalue weighted by Gasteiger charge is 2.47. The summed E-state index contributed by atoms with van der Waals surface area (Å²) in [6.45, 7) is 0.787. The molecule has 5 rings (SSSR count). The molecule has 1 fully saturated rings. The summed E-state index contributed by atoms with van der Waals surface area (Å²) in [5, 5.41) is 11.8. The Hall–Kier alpha value is -3.55. The number of rotatable bonds is 3. The first-order valence-corrected chi connectivity index (χ1v) is 10.8. The average molecular weight is 483 g/mol. The molecule has 0 saturated carbocycles. The van der Waals surface area contributed by atoms with Gasteiger partial charge in [0.25, 0.3) is 5.78 Å². The molecule has 9 heteroatoms. The number of Topliss-reactive ketones (excluding diaryl/α,β-unsaturated/α-hetero) is 1. The number of pyridine rings is 1. The second-order valence-corrected chi connectivity index (χ2v) is 8.20. The van der Waals surface area contributed by atoms with Crippen LogP contribution in [0.1, 0.15) is 17.2 Å². The van der Waals surface area contributed by atoms with E-state index in [1.165, 1.54) is 11.1 Å². The molecule has 1 saturated heterocycles. The molecule has 3 aromatic rings. The molecule has 1 unspecified atom stereocenters. The summed E-state index contributed by atoms with van der Waals surface area (Å²) >= 11 is 12.3. The summed E-state index contributed by atoms with van der Waals surface area (Å²) in [6.07, 6.45) is 1.52. The largest absolute Gasteiger partial charge is 0.507 e. The zero-order valence-electron chi connectivity index (χ0n) is 17.0. The summed E-state index contributed by atoms with van der Waals surface area (Å²) in [7, 11) is 0. The van der Waals surface area contributed by atoms with Crippen LogP contribution < -0.4 is 14.4 Å². The minimum absolute atomic E-state index is 0.0966. The summed E-state index contributed by atoms with van der Waals surface area (Å²) in [5.74, 6) is -0.771. The Morgan fingerprint density at radius 2 is 1.76 bits per heavy atom. The molecule has 0 bridgehead atoms. The first-order chi connectivity index (χ1) is 16.0. The number of anilines is 1. The second kappa shape index (κ2) is 8.42. The van der Waals surface area contributed by atoms with E-state index in [0.29, 0.717) is 40.9 Å². The van der Waals surface area contributed by atoms with Crippen molar-refractivity contribution in [3.8, 4) is 11.5 Å². The zero-order chi connectivity index (χ0) is 23.1. The normalized spacial score (nSPS) is 19.1. The van der Waals surface area contributed by atoms with Crippen LogP contribution >= 0.6 is 23.2 Å². The maximum absolute atomic E-state index is 13.2. The van der Waals surface area contributed by atoms with Crippen molar-refractivity contribution < 1.29 is 24.2 Å². The topological polar surface area (TPSA) is 89.0 Å². The molecule has 1 aromatic heterocycles. The predicted molar refractivity (Wildman–Crippen MR) is 123 cm³/mol. The molecule has 0 spiro atoms. The Bertz CT molecular complexity index is 1310. The monoisotopic (exact) mass is 482 g/mol. The minimum atomic E-state index is -0.970. The quantitative estimate of drug-likeness (QED) is 0.328. The van der Waals surface area contributed by atoms with E-state index in [0.717, 1.165) is 0 Å². The van der Waals surface area contributed by atoms with Crippen LogP contribution in [0.5, 0.6) is 11.5 Å². The SMILES string of the molecule is O=C1C(=O)N(c2ccccn2)C(c2ccc(Cl)c(Cl)c2)/C1=C(\O)c1ccc2c(c1)OCCO2. The highest BCUT2D eigenvalue weighted by atomic mass is 35.5. The summed E-state index contributed by atoms with van der Waals surface area (Å²) in [5.41, 5.74) is 0.706. The molecule has 3 heterocycles. The lowest BCUT2D eigenvalue weighted by molar-refractivity contribution is -0.132. The third-order valence-corrected chi connectivity index (χ3v) is 6.15. The molecule has 2 aromatic carbocycles. The van der Waals surface area contributed by atoms with Gasteiger partial charge in [0.05, 0.1) is 21.7 Å². The highest BCUT2D eigenvalue weighted by Crippen LogP contribution is 2.43. The van der Waals surface area contributed by atoms with Crippen molar-refractivity contribution in [1.82, 2.24) is 4.98 Å². The van der Waals surface area contributed by atoms with Crippen LogP contribution in [-0.2, 0) is 9.59 Å². The Morgan fingerprint density at radius 3 is 2.48 bits per heavy atom. The number of amides is 1. The molecule has 1 atom stereocenters. The standard InChI is InChI=1S/C24H16Cl2N2O5/c25-15-6-4-13(11-16(15)26)21-20(23(30)24(31)28(21)19-3-1-2-8-27-19)22(29)14-5-7-17-18(12-14)33-10-9-32-17/h1-8,11-12,21,29H,9-10H2/b22-20+. The van der Waals surface area contributed by atoms with Gasteiger partial charge in [-0.05, 0) is 48.0 Å². The highest BCUT2D eigenvalue weighted by molar-refractivity contribution is 6.51. The first-order valence-electron chi connectivity index (χ1n) is 10.0. The average Bonchev–Trinajstić information content (AvgIpc) is 3.11. The fourth-order valence-corrected chi connectivity index (χ4v) is 4.22. The smallest absolute Gasteiger partial charge is 0.301 e. The summed E-state index contributed by atoms with van der Waals surface area (Å²) in [6, 6.07) is 13.6. The number of benzene rings is 2. The molecular formula is C24H16Cl2N2O5. The van der Waals surface area contributed by atoms with Crippen molar-refractivity contribution in [2.24, 2.45) is 0 Å². The number of halogens is 2. The summed E-state index contributed by atoms with van der Waals surface area (Å²) in [4.78, 5) is 31.8. The van der Waals surface area contributed by atoms with Crippen LogP contribution in [0.25, 0.3) is 5.76 Å². The molecule has 2 aliphatic heterocycles. The molecular weight excluding hydrogens is 467 g/mol. The van der Waals surface area contributed by atoms with Gasteiger partial charge in [0.15, 0.2) is 11.5 Å². The number of aliphatic hydroxyl groups excluding tert-OH is 1. The van der Waals surface area contributed by atoms with E-state index >= 15 is 0 Å². The van der Waals surface area contributed by atoms with E-state index in [9.17, 15) is 14.7 Å². The van der Waals surface area contributed by atoms with Gasteiger partial charge in [0, 0.05) is 11.8 Å². The number of aromatic nitrogens is 1. The van der Waals surface area contributed by atoms with Crippen LogP contribution in [0.2, 0.25) is 10.0 Å². The number of aliphatic hydroxyl groups is 1. The molecule has 2 aliphatic rings. The van der Waals surface area contributed by atoms with E-state index < -0.39 is 17.7 Å². The van der Waals surface area contributed by atoms with Crippen molar-refractivity contribution in [2.45, 2.75) is 6.04 Å². The van der Waals surface area contributed by atoms with Crippen LogP contribution in [0.4, 0.5) is 5.82 Å². The molecule has 0 radical (unpaired) electrons. The van der Waals surface area contributed by atoms with Crippen molar-refractivity contribution in [2.75, 3.05) is 18.1 Å². The number of carbonyl (C=O) groups is 2. The Labute approximate surface area is 198 Å². The van der Waals surface area contributed by atoms with Gasteiger partial charge in [0.2, 0.25) is 0 Å². The van der Waals surface area contributed by atoms with Crippen LogP contribution in [0.3, 0.4) is 0 Å². The van der Waals surface area contributed by atoms with Crippen molar-refractivity contribution in [1.29, 1.82) is 0 Å². The molecule has 7 nitrogen and oxygen atoms in total. The van der Waals surface area contributed by atoms with Gasteiger partial charge in [-0.25, -0.2) is 4.98 Å². The number of nitrogens with zero attached hydrogens (tertiary/aromatic N) is 2. The zero-order valence-corrected chi connectivity index (χ0v) is 18.5. The molecule has 1 amide bonds. The second-order valence-electron chi connectivity index (χ2n) is 7.39. The lowest BCUT2D eigenvalue weighted by Gasteiger charge is -2.25. The fourth-order valence-electron chi connectivity index (χ4n) is 3.91. The van der Waals surface area contributed by atoms with Crippen molar-refractivity contribution in [3.63, 3.8) is 0 Å². The molecule has 1 N–H and O–H groups in total. The molecule has 33 heavy (non-hydrogen) atoms. The first kappa shape index (κ1) is 21.3. The minimum Gasteiger partial charge on any atom is -0.507 e. The van der Waals surface area contributed by atoms with E-state index in [1.54, 1.807) is 54.6 Å². The lowest BCUT2D eigenvalue weighted by Crippen LogP contribution is -2.30. The van der Waals surface area contributed by atoms with E-state index in [-0.39, 0.29) is 22.2 Å². The predicted octanol–water partition coefficient (Wildman–Crippen LogP) is 4.79. The summed E-state index contributed by atoms with van der Waals surface area (Å²) < 4.78 is 11.1. The number of hydrogen-bond donors (Lipinski definition) is 1. The number of carbonyl (C=O) groups excluding carboxylic acids is 2. The maximum atomic E-state index is 13.2. The number of ketones is 1. The van der Waals surface area contributed by atoms with Gasteiger partial charge < -0.3 is 14.6 Å². The molecule has 0 aliphatic carbocycles. The van der Waals surface area contributed by atoms with Crippen LogP contribution in [-0.4, -0.2) is 35.0 Å².